The summed E-state index contributed by atoms with van der Waals surface area (Å²) in [6.45, 7) is 3.49. The third-order valence-electron chi connectivity index (χ3n) is 1.26. The molecule has 0 aromatic carbocycles. The fourth-order valence-corrected chi connectivity index (χ4v) is 0.656. The second-order valence-corrected chi connectivity index (χ2v) is 2.56. The van der Waals surface area contributed by atoms with Crippen molar-refractivity contribution in [1.29, 1.82) is 5.41 Å². The highest BCUT2D eigenvalue weighted by atomic mass is 14.9. The number of rotatable bonds is 5. The van der Waals surface area contributed by atoms with Gasteiger partial charge in [-0.1, -0.05) is 6.58 Å². The molecule has 15 heavy (non-hydrogen) atoms. The summed E-state index contributed by atoms with van der Waals surface area (Å²) in [5.41, 5.74) is 17.0. The van der Waals surface area contributed by atoms with Crippen LogP contribution >= 0.6 is 0 Å². The molecule has 0 aromatic heterocycles. The number of amidine groups is 1. The van der Waals surface area contributed by atoms with Crippen LogP contribution in [0.15, 0.2) is 53.5 Å². The Morgan fingerprint density at radius 1 is 1.20 bits per heavy atom. The first-order chi connectivity index (χ1) is 7.10. The molecule has 0 atom stereocenters. The molecule has 0 aliphatic rings. The topological polar surface area (TPSA) is 114 Å². The lowest BCUT2D eigenvalue weighted by molar-refractivity contribution is 1.33. The van der Waals surface area contributed by atoms with Gasteiger partial charge in [-0.3, -0.25) is 0 Å². The number of hydrogen-bond donors (Lipinski definition) is 4. The molecule has 7 N–H and O–H groups in total. The van der Waals surface area contributed by atoms with Crippen LogP contribution in [0.1, 0.15) is 0 Å². The van der Waals surface area contributed by atoms with Crippen molar-refractivity contribution in [3.63, 3.8) is 0 Å². The summed E-state index contributed by atoms with van der Waals surface area (Å²) in [6.07, 6.45) is 8.50. The van der Waals surface area contributed by atoms with Gasteiger partial charge in [0.1, 0.15) is 5.84 Å². The Morgan fingerprint density at radius 2 is 1.87 bits per heavy atom. The van der Waals surface area contributed by atoms with Crippen LogP contribution in [-0.2, 0) is 0 Å². The van der Waals surface area contributed by atoms with Crippen LogP contribution < -0.4 is 17.2 Å². The smallest absolute Gasteiger partial charge is 0.124 e. The van der Waals surface area contributed by atoms with Crippen LogP contribution in [0.3, 0.4) is 0 Å². The summed E-state index contributed by atoms with van der Waals surface area (Å²) in [4.78, 5) is 3.96. The van der Waals surface area contributed by atoms with Crippen LogP contribution in [0.5, 0.6) is 0 Å². The Morgan fingerprint density at radius 3 is 2.33 bits per heavy atom. The van der Waals surface area contributed by atoms with Gasteiger partial charge in [-0.25, -0.2) is 4.99 Å². The van der Waals surface area contributed by atoms with Crippen LogP contribution in [0.25, 0.3) is 0 Å². The minimum absolute atomic E-state index is 0.252. The highest BCUT2D eigenvalue weighted by Crippen LogP contribution is 1.98. The van der Waals surface area contributed by atoms with Crippen molar-refractivity contribution < 1.29 is 0 Å². The van der Waals surface area contributed by atoms with Crippen LogP contribution in [0, 0.1) is 5.41 Å². The van der Waals surface area contributed by atoms with E-state index in [1.54, 1.807) is 12.2 Å². The Bertz CT molecular complexity index is 347. The van der Waals surface area contributed by atoms with E-state index in [4.69, 9.17) is 22.6 Å². The second kappa shape index (κ2) is 7.14. The maximum atomic E-state index is 6.76. The number of allylic oxidation sites excluding steroid dienone is 3. The van der Waals surface area contributed by atoms with Crippen LogP contribution in [0.2, 0.25) is 0 Å². The molecule has 0 fully saturated rings. The Labute approximate surface area is 88.9 Å². The molecule has 0 rings (SSSR count). The minimum Gasteiger partial charge on any atom is -0.403 e. The summed E-state index contributed by atoms with van der Waals surface area (Å²) in [7, 11) is 0. The average Bonchev–Trinajstić information content (AvgIpc) is 2.20. The average molecular weight is 205 g/mol. The maximum absolute atomic E-state index is 6.76. The zero-order valence-corrected chi connectivity index (χ0v) is 8.35. The van der Waals surface area contributed by atoms with E-state index in [-0.39, 0.29) is 5.84 Å². The second-order valence-electron chi connectivity index (χ2n) is 2.56. The molecule has 0 aliphatic heterocycles. The Balaban J connectivity index is 4.65. The molecule has 0 aliphatic carbocycles. The van der Waals surface area contributed by atoms with Crippen LogP contribution in [0.4, 0.5) is 0 Å². The zero-order chi connectivity index (χ0) is 11.7. The summed E-state index contributed by atoms with van der Waals surface area (Å²) in [5, 5.41) is 6.76. The summed E-state index contributed by atoms with van der Waals surface area (Å²) >= 11 is 0. The monoisotopic (exact) mass is 205 g/mol. The molecular formula is C10H15N5. The number of hydrogen-bond acceptors (Lipinski definition) is 4. The fraction of sp³-hybridized carbons (Fsp3) is 0. The lowest BCUT2D eigenvalue weighted by Crippen LogP contribution is -2.08. The molecule has 0 spiro atoms. The molecule has 0 bridgehead atoms. The molecule has 80 valence electrons. The largest absolute Gasteiger partial charge is 0.403 e. The lowest BCUT2D eigenvalue weighted by atomic mass is 10.3. The van der Waals surface area contributed by atoms with Gasteiger partial charge >= 0.3 is 0 Å². The number of nitrogens with zero attached hydrogens (tertiary/aromatic N) is 1. The predicted molar refractivity (Wildman–Crippen MR) is 64.3 cm³/mol. The molecule has 5 heteroatoms. The van der Waals surface area contributed by atoms with Gasteiger partial charge in [0.05, 0.1) is 5.70 Å². The highest BCUT2D eigenvalue weighted by molar-refractivity contribution is 5.95. The van der Waals surface area contributed by atoms with E-state index in [1.807, 2.05) is 0 Å². The van der Waals surface area contributed by atoms with Gasteiger partial charge in [0.15, 0.2) is 0 Å². The van der Waals surface area contributed by atoms with E-state index in [2.05, 4.69) is 11.6 Å². The third kappa shape index (κ3) is 6.83. The standard InChI is InChI=1S/C10H15N5/c1-8(13)4-5-9(7-12)15-10(14)3-2-6-11/h2-7,11H,1,12-13H2,(H2,14,15)/b3-2-,5-4-,9-7+,11-6?. The summed E-state index contributed by atoms with van der Waals surface area (Å²) in [6, 6.07) is 0. The van der Waals surface area contributed by atoms with E-state index in [0.29, 0.717) is 11.4 Å². The molecule has 0 amide bonds. The van der Waals surface area contributed by atoms with Crippen molar-refractivity contribution in [3.05, 3.63) is 48.5 Å². The fourth-order valence-electron chi connectivity index (χ4n) is 0.656. The van der Waals surface area contributed by atoms with Gasteiger partial charge in [-0.05, 0) is 24.3 Å². The van der Waals surface area contributed by atoms with Gasteiger partial charge in [0, 0.05) is 18.1 Å². The van der Waals surface area contributed by atoms with Gasteiger partial charge in [0.2, 0.25) is 0 Å². The van der Waals surface area contributed by atoms with Crippen molar-refractivity contribution in [2.75, 3.05) is 0 Å². The molecule has 5 nitrogen and oxygen atoms in total. The zero-order valence-electron chi connectivity index (χ0n) is 8.35. The molecular weight excluding hydrogens is 190 g/mol. The normalized spacial score (nSPS) is 13.6. The van der Waals surface area contributed by atoms with Crippen molar-refractivity contribution in [2.24, 2.45) is 22.2 Å². The van der Waals surface area contributed by atoms with Gasteiger partial charge in [0.25, 0.3) is 0 Å². The number of aliphatic imine (C=N–C) groups is 1. The molecule has 0 heterocycles. The first-order valence-electron chi connectivity index (χ1n) is 4.15. The number of nitrogens with one attached hydrogen (secondary N) is 1. The van der Waals surface area contributed by atoms with Crippen molar-refractivity contribution in [3.8, 4) is 0 Å². The Kier molecular flexibility index (Phi) is 6.04. The summed E-state index contributed by atoms with van der Waals surface area (Å²) < 4.78 is 0. The van der Waals surface area contributed by atoms with E-state index < -0.39 is 0 Å². The SMILES string of the molecule is C=C(N)\C=C/C(=C\N)/N=C(N)\C=C/C=N. The molecule has 0 unspecified atom stereocenters. The van der Waals surface area contributed by atoms with Gasteiger partial charge < -0.3 is 22.6 Å². The van der Waals surface area contributed by atoms with Crippen molar-refractivity contribution in [2.45, 2.75) is 0 Å². The third-order valence-corrected chi connectivity index (χ3v) is 1.26. The maximum Gasteiger partial charge on any atom is 0.124 e. The van der Waals surface area contributed by atoms with E-state index in [1.165, 1.54) is 18.4 Å². The van der Waals surface area contributed by atoms with E-state index in [0.717, 1.165) is 6.21 Å². The van der Waals surface area contributed by atoms with Gasteiger partial charge in [-0.15, -0.1) is 0 Å². The van der Waals surface area contributed by atoms with E-state index in [9.17, 15) is 0 Å². The first kappa shape index (κ1) is 12.7. The highest BCUT2D eigenvalue weighted by Gasteiger charge is 1.89. The lowest BCUT2D eigenvalue weighted by Gasteiger charge is -1.94. The molecule has 0 aromatic rings. The quantitative estimate of drug-likeness (QED) is 0.295. The molecule has 0 radical (unpaired) electrons. The first-order valence-corrected chi connectivity index (χ1v) is 4.15. The molecule has 0 saturated carbocycles. The summed E-state index contributed by atoms with van der Waals surface area (Å²) in [5.74, 6) is 0.252. The van der Waals surface area contributed by atoms with E-state index >= 15 is 0 Å². The van der Waals surface area contributed by atoms with Gasteiger partial charge in [-0.2, -0.15) is 0 Å². The Hall–Kier alpha value is -2.30. The van der Waals surface area contributed by atoms with Crippen molar-refractivity contribution in [1.82, 2.24) is 0 Å². The van der Waals surface area contributed by atoms with Crippen molar-refractivity contribution >= 4 is 12.1 Å². The predicted octanol–water partition coefficient (Wildman–Crippen LogP) is 0.378. The minimum atomic E-state index is 0.252. The molecule has 0 saturated heterocycles. The number of nitrogens with two attached hydrogens (primary N) is 3. The van der Waals surface area contributed by atoms with Crippen LogP contribution in [-0.4, -0.2) is 12.1 Å².